The van der Waals surface area contributed by atoms with E-state index in [4.69, 9.17) is 4.03 Å². The zero-order chi connectivity index (χ0) is 29.3. The van der Waals surface area contributed by atoms with E-state index in [2.05, 4.69) is 55.0 Å². The molecule has 0 bridgehead atoms. The summed E-state index contributed by atoms with van der Waals surface area (Å²) in [4.78, 5) is 21.9. The van der Waals surface area contributed by atoms with Crippen LogP contribution < -0.4 is 0 Å². The molecule has 1 saturated carbocycles. The first-order valence-corrected chi connectivity index (χ1v) is 18.3. The minimum Gasteiger partial charge on any atom is -0.273 e. The van der Waals surface area contributed by atoms with Crippen LogP contribution in [-0.2, 0) is 15.5 Å². The Hall–Kier alpha value is -2.88. The van der Waals surface area contributed by atoms with Crippen molar-refractivity contribution >= 4 is 35.1 Å². The van der Waals surface area contributed by atoms with Gasteiger partial charge in [0.1, 0.15) is 21.8 Å². The van der Waals surface area contributed by atoms with Crippen LogP contribution in [0.15, 0.2) is 35.0 Å². The smallest absolute Gasteiger partial charge is 0.237 e. The molecule has 12 heteroatoms. The van der Waals surface area contributed by atoms with Gasteiger partial charge >= 0.3 is 0 Å². The summed E-state index contributed by atoms with van der Waals surface area (Å²) in [6.45, 7) is 17.5. The fraction of sp³-hybridized carbons (Fsp3) is 0.607. The van der Waals surface area contributed by atoms with Gasteiger partial charge in [0.05, 0.1) is 29.6 Å². The van der Waals surface area contributed by atoms with Crippen LogP contribution in [0, 0.1) is 16.7 Å². The second-order valence-electron chi connectivity index (χ2n) is 13.9. The maximum atomic E-state index is 14.5. The molecule has 1 aliphatic carbocycles. The zero-order valence-corrected chi connectivity index (χ0v) is 26.6. The van der Waals surface area contributed by atoms with Crippen molar-refractivity contribution in [2.75, 3.05) is 13.1 Å². The molecular weight excluding hydrogens is 541 g/mol. The van der Waals surface area contributed by atoms with Gasteiger partial charge in [0, 0.05) is 41.8 Å². The number of aromatic nitrogens is 5. The Bertz CT molecular complexity index is 1630. The number of carbonyl (C=O) groups excluding carboxylic acids is 1. The summed E-state index contributed by atoms with van der Waals surface area (Å²) in [6.07, 6.45) is 8.97. The minimum absolute atomic E-state index is 0.00460. The van der Waals surface area contributed by atoms with Crippen LogP contribution in [0.3, 0.4) is 0 Å². The largest absolute Gasteiger partial charge is 0.273 e. The van der Waals surface area contributed by atoms with Crippen molar-refractivity contribution in [3.05, 3.63) is 31.0 Å². The Morgan fingerprint density at radius 3 is 2.45 bits per heavy atom. The van der Waals surface area contributed by atoms with E-state index >= 15 is 0 Å². The Morgan fingerprint density at radius 1 is 1.20 bits per heavy atom. The number of hydrogen-bond donors (Lipinski definition) is 0. The van der Waals surface area contributed by atoms with Crippen LogP contribution in [0.1, 0.15) is 65.6 Å². The lowest BCUT2D eigenvalue weighted by Crippen LogP contribution is -2.65. The molecule has 1 atom stereocenters. The quantitative estimate of drug-likeness (QED) is 0.357. The van der Waals surface area contributed by atoms with Gasteiger partial charge in [0.15, 0.2) is 13.9 Å². The number of nitriles is 1. The van der Waals surface area contributed by atoms with E-state index in [9.17, 15) is 14.3 Å². The first-order chi connectivity index (χ1) is 18.5. The van der Waals surface area contributed by atoms with Gasteiger partial charge in [-0.25, -0.2) is 18.5 Å². The monoisotopic (exact) mass is 580 g/mol. The first-order valence-electron chi connectivity index (χ1n) is 13.8. The molecule has 3 aromatic heterocycles. The number of nitrogens with zero attached hydrogens (tertiary/aromatic N) is 8. The predicted molar refractivity (Wildman–Crippen MR) is 159 cm³/mol. The predicted octanol–water partition coefficient (Wildman–Crippen LogP) is 5.46. The van der Waals surface area contributed by atoms with Crippen molar-refractivity contribution in [2.45, 2.75) is 89.7 Å². The van der Waals surface area contributed by atoms with Crippen LogP contribution in [0.2, 0.25) is 18.1 Å². The maximum absolute atomic E-state index is 14.5. The van der Waals surface area contributed by atoms with E-state index in [1.54, 1.807) is 17.0 Å². The van der Waals surface area contributed by atoms with Gasteiger partial charge in [-0.1, -0.05) is 41.5 Å². The molecule has 10 nitrogen and oxygen atoms in total. The number of fused-ring (bicyclic) bond motifs is 1. The molecule has 40 heavy (non-hydrogen) atoms. The Kier molecular flexibility index (Phi) is 6.68. The molecule has 0 spiro atoms. The normalized spacial score (nSPS) is 19.6. The van der Waals surface area contributed by atoms with Crippen LogP contribution >= 0.6 is 0 Å². The van der Waals surface area contributed by atoms with Crippen molar-refractivity contribution in [3.8, 4) is 17.3 Å². The summed E-state index contributed by atoms with van der Waals surface area (Å²) < 4.78 is 25.1. The average Bonchev–Trinajstić information content (AvgIpc) is 3.43. The van der Waals surface area contributed by atoms with E-state index in [1.165, 1.54) is 6.33 Å². The van der Waals surface area contributed by atoms with Crippen LogP contribution in [0.5, 0.6) is 0 Å². The second kappa shape index (κ2) is 9.32. The fourth-order valence-corrected chi connectivity index (χ4v) is 11.7. The van der Waals surface area contributed by atoms with E-state index in [0.717, 1.165) is 23.8 Å². The van der Waals surface area contributed by atoms with Crippen LogP contribution in [0.4, 0.5) is 0 Å². The lowest BCUT2D eigenvalue weighted by atomic mass is 9.89. The topological polar surface area (TPSA) is 122 Å². The molecule has 1 unspecified atom stereocenters. The molecule has 4 heterocycles. The number of hydrogen-bond acceptors (Lipinski definition) is 7. The lowest BCUT2D eigenvalue weighted by molar-refractivity contribution is 0.0748. The number of carbonyl (C=O) groups is 1. The average molecular weight is 581 g/mol. The minimum atomic E-state index is -2.55. The van der Waals surface area contributed by atoms with Crippen molar-refractivity contribution in [3.63, 3.8) is 0 Å². The van der Waals surface area contributed by atoms with E-state index < -0.39 is 29.1 Å². The molecule has 0 amide bonds. The van der Waals surface area contributed by atoms with Crippen molar-refractivity contribution in [1.82, 2.24) is 28.6 Å². The highest BCUT2D eigenvalue weighted by Crippen LogP contribution is 2.45. The zero-order valence-electron chi connectivity index (χ0n) is 24.8. The van der Waals surface area contributed by atoms with Gasteiger partial charge < -0.3 is 0 Å². The highest BCUT2D eigenvalue weighted by Gasteiger charge is 2.54. The fourth-order valence-electron chi connectivity index (χ4n) is 4.87. The van der Waals surface area contributed by atoms with E-state index in [-0.39, 0.29) is 22.6 Å². The van der Waals surface area contributed by atoms with Crippen LogP contribution in [0.25, 0.3) is 22.3 Å². The molecule has 214 valence electrons. The van der Waals surface area contributed by atoms with E-state index in [0.29, 0.717) is 24.4 Å². The lowest BCUT2D eigenvalue weighted by Gasteiger charge is -2.50. The molecule has 3 aromatic rings. The van der Waals surface area contributed by atoms with Gasteiger partial charge in [-0.05, 0) is 37.0 Å². The SMILES string of the molecule is CC(C)(C)C(=O)n1ccc2c(-c3cnn(C4(CC#N)CN(S(=O)(=N[Si](C)(C)C(C)(C)C)C5CC5)C4)c3)ncnc21. The Labute approximate surface area is 238 Å². The molecule has 5 rings (SSSR count). The molecule has 1 saturated heterocycles. The third-order valence-electron chi connectivity index (χ3n) is 8.56. The molecular formula is C28H40N8O2SSi. The summed E-state index contributed by atoms with van der Waals surface area (Å²) >= 11 is 0. The van der Waals surface area contributed by atoms with Crippen molar-refractivity contribution in [1.29, 1.82) is 5.26 Å². The van der Waals surface area contributed by atoms with Gasteiger partial charge in [0.25, 0.3) is 0 Å². The van der Waals surface area contributed by atoms with Crippen molar-refractivity contribution in [2.24, 2.45) is 9.44 Å². The molecule has 0 N–H and O–H groups in total. The summed E-state index contributed by atoms with van der Waals surface area (Å²) in [6, 6.07) is 4.19. The number of rotatable bonds is 6. The molecule has 2 fully saturated rings. The summed E-state index contributed by atoms with van der Waals surface area (Å²) in [5.41, 5.74) is 0.856. The summed E-state index contributed by atoms with van der Waals surface area (Å²) in [5, 5.41) is 15.3. The molecule has 0 radical (unpaired) electrons. The van der Waals surface area contributed by atoms with Gasteiger partial charge in [-0.15, -0.1) is 0 Å². The maximum Gasteiger partial charge on any atom is 0.237 e. The molecule has 1 aliphatic heterocycles. The summed E-state index contributed by atoms with van der Waals surface area (Å²) in [5.74, 6) is -0.0484. The highest BCUT2D eigenvalue weighted by atomic mass is 32.2. The third-order valence-corrected chi connectivity index (χ3v) is 17.4. The van der Waals surface area contributed by atoms with Gasteiger partial charge in [0.2, 0.25) is 5.91 Å². The standard InChI is InChI=1S/C28H40N8O2SSi/c1-26(2,3)25(37)35-14-11-22-23(30-19-31-24(22)35)20-15-32-36(16-20)28(12-13-29)17-34(18-28)39(38,21-9-10-21)33-40(7,8)27(4,5)6/h11,14-16,19,21H,9-10,12,17-18H2,1-8H3. The first kappa shape index (κ1) is 28.6. The Balaban J connectivity index is 1.48. The van der Waals surface area contributed by atoms with Gasteiger partial charge in [-0.2, -0.15) is 10.4 Å². The van der Waals surface area contributed by atoms with Crippen LogP contribution in [-0.4, -0.2) is 65.3 Å². The summed E-state index contributed by atoms with van der Waals surface area (Å²) in [7, 11) is -4.71. The second-order valence-corrected chi connectivity index (χ2v) is 21.5. The third kappa shape index (κ3) is 4.71. The highest BCUT2D eigenvalue weighted by molar-refractivity contribution is 7.93. The Morgan fingerprint density at radius 2 is 1.88 bits per heavy atom. The molecule has 0 aromatic carbocycles. The van der Waals surface area contributed by atoms with Crippen molar-refractivity contribution < 1.29 is 9.00 Å². The van der Waals surface area contributed by atoms with E-state index in [1.807, 2.05) is 42.0 Å². The van der Waals surface area contributed by atoms with Gasteiger partial charge in [-0.3, -0.25) is 18.1 Å². The molecule has 2 aliphatic rings.